The van der Waals surface area contributed by atoms with Crippen molar-refractivity contribution in [2.24, 2.45) is 7.05 Å². The van der Waals surface area contributed by atoms with Crippen molar-refractivity contribution in [2.75, 3.05) is 25.9 Å². The first-order valence-corrected chi connectivity index (χ1v) is 4.67. The van der Waals surface area contributed by atoms with E-state index in [4.69, 9.17) is 5.73 Å². The first-order valence-electron chi connectivity index (χ1n) is 4.67. The molecule has 13 heavy (non-hydrogen) atoms. The van der Waals surface area contributed by atoms with Crippen LogP contribution in [0.4, 0.5) is 5.82 Å². The van der Waals surface area contributed by atoms with Crippen LogP contribution in [0.3, 0.4) is 0 Å². The smallest absolute Gasteiger partial charge is 0.124 e. The summed E-state index contributed by atoms with van der Waals surface area (Å²) in [5.41, 5.74) is 8.36. The molecule has 2 heterocycles. The monoisotopic (exact) mass is 180 g/mol. The molecular formula is C9H16N4. The van der Waals surface area contributed by atoms with Crippen molar-refractivity contribution in [1.29, 1.82) is 0 Å². The van der Waals surface area contributed by atoms with Crippen molar-refractivity contribution in [1.82, 2.24) is 14.7 Å². The molecule has 2 rings (SSSR count). The number of anilines is 1. The second-order valence-corrected chi connectivity index (χ2v) is 3.74. The zero-order valence-electron chi connectivity index (χ0n) is 8.25. The van der Waals surface area contributed by atoms with Crippen LogP contribution in [0.5, 0.6) is 0 Å². The average molecular weight is 180 g/mol. The molecule has 1 aromatic heterocycles. The van der Waals surface area contributed by atoms with E-state index in [0.717, 1.165) is 31.7 Å². The van der Waals surface area contributed by atoms with Gasteiger partial charge in [-0.25, -0.2) is 0 Å². The average Bonchev–Trinajstić information content (AvgIpc) is 2.28. The van der Waals surface area contributed by atoms with E-state index in [-0.39, 0.29) is 0 Å². The number of aryl methyl sites for hydroxylation is 1. The summed E-state index contributed by atoms with van der Waals surface area (Å²) in [6.07, 6.45) is 2.06. The number of hydrogen-bond donors (Lipinski definition) is 1. The molecule has 0 saturated heterocycles. The molecule has 0 atom stereocenters. The fourth-order valence-electron chi connectivity index (χ4n) is 1.82. The minimum Gasteiger partial charge on any atom is -0.384 e. The van der Waals surface area contributed by atoms with Crippen LogP contribution >= 0.6 is 0 Å². The summed E-state index contributed by atoms with van der Waals surface area (Å²) in [7, 11) is 4.05. The fourth-order valence-corrected chi connectivity index (χ4v) is 1.82. The Balaban J connectivity index is 2.34. The molecule has 1 aliphatic heterocycles. The third-order valence-corrected chi connectivity index (χ3v) is 2.75. The molecule has 1 aliphatic rings. The van der Waals surface area contributed by atoms with Gasteiger partial charge < -0.3 is 10.6 Å². The van der Waals surface area contributed by atoms with Gasteiger partial charge in [0.15, 0.2) is 0 Å². The molecule has 1 aromatic rings. The third-order valence-electron chi connectivity index (χ3n) is 2.75. The lowest BCUT2D eigenvalue weighted by molar-refractivity contribution is 0.351. The van der Waals surface area contributed by atoms with Crippen molar-refractivity contribution in [2.45, 2.75) is 12.8 Å². The highest BCUT2D eigenvalue weighted by atomic mass is 15.3. The molecule has 72 valence electrons. The molecule has 0 aromatic carbocycles. The van der Waals surface area contributed by atoms with Gasteiger partial charge in [0.2, 0.25) is 0 Å². The van der Waals surface area contributed by atoms with Gasteiger partial charge in [0.05, 0.1) is 5.69 Å². The summed E-state index contributed by atoms with van der Waals surface area (Å²) < 4.78 is 1.79. The van der Waals surface area contributed by atoms with Gasteiger partial charge in [0, 0.05) is 32.1 Å². The largest absolute Gasteiger partial charge is 0.384 e. The second kappa shape index (κ2) is 3.03. The number of nitrogens with two attached hydrogens (primary N) is 1. The maximum atomic E-state index is 5.92. The number of nitrogen functional groups attached to an aromatic ring is 1. The van der Waals surface area contributed by atoms with E-state index in [9.17, 15) is 0 Å². The molecule has 4 heteroatoms. The van der Waals surface area contributed by atoms with E-state index in [1.54, 1.807) is 4.68 Å². The normalized spacial score (nSPS) is 18.3. The van der Waals surface area contributed by atoms with E-state index in [1.165, 1.54) is 11.3 Å². The summed E-state index contributed by atoms with van der Waals surface area (Å²) in [5.74, 6) is 0.838. The Morgan fingerprint density at radius 2 is 1.92 bits per heavy atom. The Labute approximate surface area is 78.3 Å². The Hall–Kier alpha value is -1.03. The predicted octanol–water partition coefficient (Wildman–Crippen LogP) is 0.0327. The summed E-state index contributed by atoms with van der Waals surface area (Å²) in [6, 6.07) is 0. The van der Waals surface area contributed by atoms with Crippen LogP contribution in [0.1, 0.15) is 11.3 Å². The highest BCUT2D eigenvalue weighted by Gasteiger charge is 2.17. The zero-order valence-corrected chi connectivity index (χ0v) is 8.25. The van der Waals surface area contributed by atoms with Crippen LogP contribution in [-0.2, 0) is 19.9 Å². The van der Waals surface area contributed by atoms with Crippen molar-refractivity contribution in [3.63, 3.8) is 0 Å². The van der Waals surface area contributed by atoms with Crippen LogP contribution in [0.2, 0.25) is 0 Å². The SMILES string of the molecule is CN1CCc2nn(C)c(N)c2CC1. The number of nitrogens with zero attached hydrogens (tertiary/aromatic N) is 3. The number of rotatable bonds is 0. The molecule has 0 fully saturated rings. The van der Waals surface area contributed by atoms with Gasteiger partial charge in [-0.1, -0.05) is 0 Å². The van der Waals surface area contributed by atoms with Gasteiger partial charge in [-0.15, -0.1) is 0 Å². The summed E-state index contributed by atoms with van der Waals surface area (Å²) >= 11 is 0. The number of likely N-dealkylation sites (N-methyl/N-ethyl adjacent to an activating group) is 1. The Kier molecular flexibility index (Phi) is 2.00. The van der Waals surface area contributed by atoms with E-state index in [1.807, 2.05) is 7.05 Å². The first-order chi connectivity index (χ1) is 6.18. The van der Waals surface area contributed by atoms with E-state index in [0.29, 0.717) is 0 Å². The molecule has 0 unspecified atom stereocenters. The minimum atomic E-state index is 0.838. The second-order valence-electron chi connectivity index (χ2n) is 3.74. The Bertz CT molecular complexity index is 316. The third kappa shape index (κ3) is 1.42. The lowest BCUT2D eigenvalue weighted by Gasteiger charge is -2.11. The van der Waals surface area contributed by atoms with E-state index in [2.05, 4.69) is 17.0 Å². The van der Waals surface area contributed by atoms with E-state index >= 15 is 0 Å². The number of fused-ring (bicyclic) bond motifs is 1. The summed E-state index contributed by atoms with van der Waals surface area (Å²) in [6.45, 7) is 2.17. The van der Waals surface area contributed by atoms with E-state index < -0.39 is 0 Å². The molecule has 0 spiro atoms. The minimum absolute atomic E-state index is 0.838. The molecule has 2 N–H and O–H groups in total. The molecule has 0 saturated carbocycles. The molecule has 0 bridgehead atoms. The van der Waals surface area contributed by atoms with Gasteiger partial charge in [-0.05, 0) is 13.5 Å². The fraction of sp³-hybridized carbons (Fsp3) is 0.667. The highest BCUT2D eigenvalue weighted by Crippen LogP contribution is 2.19. The number of aromatic nitrogens is 2. The Morgan fingerprint density at radius 3 is 2.69 bits per heavy atom. The van der Waals surface area contributed by atoms with Crippen molar-refractivity contribution < 1.29 is 0 Å². The number of hydrogen-bond acceptors (Lipinski definition) is 3. The zero-order chi connectivity index (χ0) is 9.42. The molecule has 0 radical (unpaired) electrons. The molecule has 0 amide bonds. The standard InChI is InChI=1S/C9H16N4/c1-12-5-3-7-8(4-6-12)11-13(2)9(7)10/h3-6,10H2,1-2H3. The molecular weight excluding hydrogens is 164 g/mol. The van der Waals surface area contributed by atoms with Crippen molar-refractivity contribution in [3.05, 3.63) is 11.3 Å². The molecule has 4 nitrogen and oxygen atoms in total. The molecule has 0 aliphatic carbocycles. The van der Waals surface area contributed by atoms with Crippen LogP contribution in [0.25, 0.3) is 0 Å². The van der Waals surface area contributed by atoms with Gasteiger partial charge in [-0.3, -0.25) is 4.68 Å². The summed E-state index contributed by atoms with van der Waals surface area (Å²) in [5, 5.41) is 4.41. The van der Waals surface area contributed by atoms with Gasteiger partial charge in [0.25, 0.3) is 0 Å². The van der Waals surface area contributed by atoms with Gasteiger partial charge >= 0.3 is 0 Å². The first kappa shape index (κ1) is 8.56. The van der Waals surface area contributed by atoms with Crippen LogP contribution in [0.15, 0.2) is 0 Å². The topological polar surface area (TPSA) is 47.1 Å². The van der Waals surface area contributed by atoms with Gasteiger partial charge in [-0.2, -0.15) is 5.10 Å². The maximum Gasteiger partial charge on any atom is 0.124 e. The van der Waals surface area contributed by atoms with Crippen molar-refractivity contribution in [3.8, 4) is 0 Å². The Morgan fingerprint density at radius 1 is 1.23 bits per heavy atom. The van der Waals surface area contributed by atoms with Crippen LogP contribution in [-0.4, -0.2) is 34.8 Å². The van der Waals surface area contributed by atoms with Crippen LogP contribution < -0.4 is 5.73 Å². The lowest BCUT2D eigenvalue weighted by atomic mass is 10.1. The lowest BCUT2D eigenvalue weighted by Crippen LogP contribution is -2.21. The van der Waals surface area contributed by atoms with Gasteiger partial charge in [0.1, 0.15) is 5.82 Å². The quantitative estimate of drug-likeness (QED) is 0.613. The van der Waals surface area contributed by atoms with Crippen LogP contribution in [0, 0.1) is 0 Å². The predicted molar refractivity (Wildman–Crippen MR) is 52.5 cm³/mol. The van der Waals surface area contributed by atoms with Crippen molar-refractivity contribution >= 4 is 5.82 Å². The summed E-state index contributed by atoms with van der Waals surface area (Å²) in [4.78, 5) is 2.32. The maximum absolute atomic E-state index is 5.92. The highest BCUT2D eigenvalue weighted by molar-refractivity contribution is 5.44.